The average molecular weight is 477 g/mol. The van der Waals surface area contributed by atoms with E-state index in [0.717, 1.165) is 37.1 Å². The number of aryl methyl sites for hydroxylation is 1. The van der Waals surface area contributed by atoms with Crippen molar-refractivity contribution in [2.75, 3.05) is 23.3 Å². The first-order valence-electron chi connectivity index (χ1n) is 12.5. The van der Waals surface area contributed by atoms with E-state index in [-0.39, 0.29) is 23.1 Å². The molecule has 1 aliphatic heterocycles. The maximum atomic E-state index is 13.1. The van der Waals surface area contributed by atoms with Gasteiger partial charge in [-0.15, -0.1) is 0 Å². The summed E-state index contributed by atoms with van der Waals surface area (Å²) in [4.78, 5) is 26.9. The number of carboxylic acid groups (broad SMARTS) is 1. The molecule has 2 fully saturated rings. The Kier molecular flexibility index (Phi) is 6.52. The molecule has 2 heterocycles. The fraction of sp³-hybridized carbons (Fsp3) is 0.429. The first-order valence-corrected chi connectivity index (χ1v) is 12.5. The molecule has 1 saturated carbocycles. The number of carboxylic acids is 1. The van der Waals surface area contributed by atoms with Crippen LogP contribution in [0.25, 0.3) is 11.0 Å². The summed E-state index contributed by atoms with van der Waals surface area (Å²) in [7, 11) is 0. The van der Waals surface area contributed by atoms with Crippen LogP contribution >= 0.6 is 0 Å². The smallest absolute Gasteiger partial charge is 0.337 e. The molecule has 1 saturated heterocycles. The van der Waals surface area contributed by atoms with Crippen LogP contribution in [0.4, 0.5) is 11.6 Å². The second-order valence-corrected chi connectivity index (χ2v) is 9.77. The zero-order chi connectivity index (χ0) is 24.5. The van der Waals surface area contributed by atoms with Crippen LogP contribution in [0.15, 0.2) is 51.7 Å². The van der Waals surface area contributed by atoms with Gasteiger partial charge < -0.3 is 24.5 Å². The summed E-state index contributed by atoms with van der Waals surface area (Å²) in [5.41, 5.74) is 2.96. The summed E-state index contributed by atoms with van der Waals surface area (Å²) in [6, 6.07) is 12.0. The van der Waals surface area contributed by atoms with Gasteiger partial charge in [-0.3, -0.25) is 4.79 Å². The quantitative estimate of drug-likeness (QED) is 0.464. The number of nitrogens with zero attached hydrogens (tertiary/aromatic N) is 1. The highest BCUT2D eigenvalue weighted by atomic mass is 16.5. The Morgan fingerprint density at radius 3 is 2.51 bits per heavy atom. The normalized spacial score (nSPS) is 17.8. The van der Waals surface area contributed by atoms with E-state index in [1.54, 1.807) is 30.3 Å². The monoisotopic (exact) mass is 476 g/mol. The van der Waals surface area contributed by atoms with E-state index in [9.17, 15) is 14.7 Å². The van der Waals surface area contributed by atoms with Gasteiger partial charge in [0.05, 0.1) is 29.2 Å². The lowest BCUT2D eigenvalue weighted by molar-refractivity contribution is -0.0597. The third kappa shape index (κ3) is 4.91. The summed E-state index contributed by atoms with van der Waals surface area (Å²) in [5, 5.41) is 13.4. The summed E-state index contributed by atoms with van der Waals surface area (Å²) >= 11 is 0. The minimum absolute atomic E-state index is 0.0721. The fourth-order valence-corrected chi connectivity index (χ4v) is 5.00. The zero-order valence-corrected chi connectivity index (χ0v) is 20.3. The van der Waals surface area contributed by atoms with Gasteiger partial charge in [0.2, 0.25) is 0 Å². The molecule has 0 bridgehead atoms. The topological polar surface area (TPSA) is 92.0 Å². The summed E-state index contributed by atoms with van der Waals surface area (Å²) in [5.74, 6) is -0.416. The molecule has 1 aliphatic carbocycles. The average Bonchev–Trinajstić information content (AvgIpc) is 2.82. The van der Waals surface area contributed by atoms with Crippen LogP contribution in [-0.2, 0) is 4.74 Å². The van der Waals surface area contributed by atoms with Crippen molar-refractivity contribution >= 4 is 28.5 Å². The second-order valence-electron chi connectivity index (χ2n) is 9.77. The lowest BCUT2D eigenvalue weighted by Crippen LogP contribution is -2.39. The molecule has 7 nitrogen and oxygen atoms in total. The number of para-hydroxylation sites is 1. The summed E-state index contributed by atoms with van der Waals surface area (Å²) < 4.78 is 12.6. The third-order valence-corrected chi connectivity index (χ3v) is 7.18. The maximum absolute atomic E-state index is 13.1. The number of hydrogen-bond acceptors (Lipinski definition) is 6. The van der Waals surface area contributed by atoms with Crippen LogP contribution in [0.3, 0.4) is 0 Å². The number of hydrogen-bond donors (Lipinski definition) is 2. The number of fused-ring (bicyclic) bond motifs is 1. The predicted octanol–water partition coefficient (Wildman–Crippen LogP) is 5.51. The molecule has 2 aliphatic rings. The third-order valence-electron chi connectivity index (χ3n) is 7.18. The largest absolute Gasteiger partial charge is 0.478 e. The van der Waals surface area contributed by atoms with Crippen LogP contribution < -0.4 is 15.6 Å². The molecular weight excluding hydrogens is 444 g/mol. The number of carbonyl (C=O) groups is 1. The number of ether oxygens (including phenoxy) is 1. The van der Waals surface area contributed by atoms with Crippen molar-refractivity contribution in [2.45, 2.75) is 64.2 Å². The number of piperidine rings is 1. The molecule has 0 radical (unpaired) electrons. The molecule has 35 heavy (non-hydrogen) atoms. The highest BCUT2D eigenvalue weighted by Gasteiger charge is 2.27. The van der Waals surface area contributed by atoms with Gasteiger partial charge in [0.15, 0.2) is 11.3 Å². The van der Waals surface area contributed by atoms with E-state index in [2.05, 4.69) is 10.2 Å². The van der Waals surface area contributed by atoms with Crippen molar-refractivity contribution in [1.82, 2.24) is 0 Å². The van der Waals surface area contributed by atoms with Crippen LogP contribution in [-0.4, -0.2) is 36.4 Å². The zero-order valence-electron chi connectivity index (χ0n) is 20.3. The van der Waals surface area contributed by atoms with E-state index in [4.69, 9.17) is 9.15 Å². The highest BCUT2D eigenvalue weighted by Crippen LogP contribution is 2.32. The summed E-state index contributed by atoms with van der Waals surface area (Å²) in [6.45, 7) is 5.46. The molecule has 1 aromatic heterocycles. The van der Waals surface area contributed by atoms with Crippen LogP contribution in [0, 0.1) is 6.92 Å². The van der Waals surface area contributed by atoms with E-state index in [1.165, 1.54) is 19.3 Å². The van der Waals surface area contributed by atoms with Gasteiger partial charge in [-0.1, -0.05) is 18.2 Å². The maximum Gasteiger partial charge on any atom is 0.337 e. The molecule has 1 unspecified atom stereocenters. The van der Waals surface area contributed by atoms with Crippen molar-refractivity contribution < 1.29 is 19.1 Å². The number of anilines is 2. The molecule has 7 heteroatoms. The molecule has 0 amide bonds. The fourth-order valence-electron chi connectivity index (χ4n) is 5.00. The lowest BCUT2D eigenvalue weighted by atomic mass is 9.95. The standard InChI is InChI=1S/C28H32N2O5/c1-17-14-22(18(2)29-24-9-4-3-8-21(24)28(32)33)27-23(15-17)25(31)16-26(35-27)30-12-10-20(11-13-30)34-19-6-5-7-19/h3-4,8-9,14-16,18-20,29H,5-7,10-13H2,1-2H3,(H,32,33). The van der Waals surface area contributed by atoms with Crippen molar-refractivity contribution in [3.8, 4) is 0 Å². The minimum atomic E-state index is -0.993. The van der Waals surface area contributed by atoms with Crippen LogP contribution in [0.2, 0.25) is 0 Å². The van der Waals surface area contributed by atoms with E-state index in [1.807, 2.05) is 26.0 Å². The predicted molar refractivity (Wildman–Crippen MR) is 137 cm³/mol. The molecular formula is C28H32N2O5. The number of aromatic carboxylic acids is 1. The minimum Gasteiger partial charge on any atom is -0.478 e. The van der Waals surface area contributed by atoms with Crippen molar-refractivity contribution in [3.05, 3.63) is 69.4 Å². The lowest BCUT2D eigenvalue weighted by Gasteiger charge is -2.36. The van der Waals surface area contributed by atoms with Crippen molar-refractivity contribution in [3.63, 3.8) is 0 Å². The second kappa shape index (κ2) is 9.74. The molecule has 0 spiro atoms. The van der Waals surface area contributed by atoms with Gasteiger partial charge in [-0.2, -0.15) is 0 Å². The van der Waals surface area contributed by atoms with Gasteiger partial charge in [0.1, 0.15) is 5.58 Å². The summed E-state index contributed by atoms with van der Waals surface area (Å²) in [6.07, 6.45) is 6.15. The molecule has 1 atom stereocenters. The molecule has 2 N–H and O–H groups in total. The Balaban J connectivity index is 1.43. The Hall–Kier alpha value is -3.32. The number of rotatable bonds is 7. The first-order chi connectivity index (χ1) is 16.9. The Labute approximate surface area is 204 Å². The van der Waals surface area contributed by atoms with E-state index < -0.39 is 5.97 Å². The van der Waals surface area contributed by atoms with Gasteiger partial charge in [0.25, 0.3) is 0 Å². The Morgan fingerprint density at radius 1 is 1.11 bits per heavy atom. The molecule has 3 aromatic rings. The molecule has 5 rings (SSSR count). The van der Waals surface area contributed by atoms with Crippen molar-refractivity contribution in [1.29, 1.82) is 0 Å². The SMILES string of the molecule is Cc1cc(C(C)Nc2ccccc2C(=O)O)c2oc(N3CCC(OC4CCC4)CC3)cc(=O)c2c1. The van der Waals surface area contributed by atoms with Gasteiger partial charge in [-0.05, 0) is 69.7 Å². The van der Waals surface area contributed by atoms with E-state index in [0.29, 0.717) is 28.6 Å². The van der Waals surface area contributed by atoms with Crippen molar-refractivity contribution in [2.24, 2.45) is 0 Å². The van der Waals surface area contributed by atoms with Crippen LogP contribution in [0.5, 0.6) is 0 Å². The van der Waals surface area contributed by atoms with Crippen LogP contribution in [0.1, 0.15) is 66.6 Å². The van der Waals surface area contributed by atoms with E-state index >= 15 is 0 Å². The van der Waals surface area contributed by atoms with Gasteiger partial charge in [-0.25, -0.2) is 4.79 Å². The Bertz CT molecular complexity index is 1290. The Morgan fingerprint density at radius 2 is 1.83 bits per heavy atom. The highest BCUT2D eigenvalue weighted by molar-refractivity contribution is 5.94. The molecule has 184 valence electrons. The van der Waals surface area contributed by atoms with Gasteiger partial charge in [0, 0.05) is 30.4 Å². The molecule has 2 aromatic carbocycles. The number of benzene rings is 2. The number of nitrogens with one attached hydrogen (secondary N) is 1. The first kappa shape index (κ1) is 23.4. The van der Waals surface area contributed by atoms with Gasteiger partial charge >= 0.3 is 5.97 Å².